The normalized spacial score (nSPS) is 19.1. The number of carbonyl (C=O) groups is 1. The van der Waals surface area contributed by atoms with Crippen LogP contribution in [-0.2, 0) is 14.8 Å². The maximum Gasteiger partial charge on any atom is 0.338 e. The molecule has 0 radical (unpaired) electrons. The van der Waals surface area contributed by atoms with Gasteiger partial charge < -0.3 is 10.5 Å². The number of sulfonamides is 1. The van der Waals surface area contributed by atoms with Gasteiger partial charge in [-0.15, -0.1) is 12.4 Å². The number of esters is 1. The molecule has 1 atom stereocenters. The van der Waals surface area contributed by atoms with Crippen LogP contribution in [0.15, 0.2) is 23.1 Å². The molecule has 0 aromatic heterocycles. The van der Waals surface area contributed by atoms with E-state index in [9.17, 15) is 13.2 Å². The van der Waals surface area contributed by atoms with Crippen molar-refractivity contribution >= 4 is 28.4 Å². The van der Waals surface area contributed by atoms with Crippen LogP contribution in [0.25, 0.3) is 0 Å². The number of nitrogens with two attached hydrogens (primary N) is 1. The third-order valence-electron chi connectivity index (χ3n) is 3.49. The van der Waals surface area contributed by atoms with Crippen molar-refractivity contribution in [1.82, 2.24) is 4.31 Å². The number of ether oxygens (including phenoxy) is 1. The van der Waals surface area contributed by atoms with E-state index >= 15 is 0 Å². The summed E-state index contributed by atoms with van der Waals surface area (Å²) >= 11 is 0. The summed E-state index contributed by atoms with van der Waals surface area (Å²) in [6, 6.07) is 4.47. The lowest BCUT2D eigenvalue weighted by Gasteiger charge is -2.18. The number of methoxy groups -OCH3 is 1. The predicted octanol–water partition coefficient (Wildman–Crippen LogP) is 0.925. The van der Waals surface area contributed by atoms with E-state index in [-0.39, 0.29) is 28.9 Å². The summed E-state index contributed by atoms with van der Waals surface area (Å²) in [5.74, 6) is -0.544. The van der Waals surface area contributed by atoms with Gasteiger partial charge in [0.1, 0.15) is 0 Å². The minimum Gasteiger partial charge on any atom is -0.465 e. The molecular formula is C13H19ClN2O4S. The summed E-state index contributed by atoms with van der Waals surface area (Å²) in [6.45, 7) is 2.32. The van der Waals surface area contributed by atoms with Gasteiger partial charge in [0, 0.05) is 19.1 Å². The molecule has 1 aromatic carbocycles. The van der Waals surface area contributed by atoms with Crippen molar-refractivity contribution in [2.24, 2.45) is 5.73 Å². The lowest BCUT2D eigenvalue weighted by Crippen LogP contribution is -2.32. The second-order valence-electron chi connectivity index (χ2n) is 4.83. The van der Waals surface area contributed by atoms with Crippen molar-refractivity contribution in [1.29, 1.82) is 0 Å². The van der Waals surface area contributed by atoms with Crippen LogP contribution >= 0.6 is 12.4 Å². The van der Waals surface area contributed by atoms with Crippen LogP contribution in [0.2, 0.25) is 0 Å². The Morgan fingerprint density at radius 3 is 2.62 bits per heavy atom. The SMILES string of the molecule is COC(=O)c1cccc(S(=O)(=O)N2CC[C@@H](N)C2)c1C.Cl. The van der Waals surface area contributed by atoms with Crippen molar-refractivity contribution in [3.63, 3.8) is 0 Å². The Morgan fingerprint density at radius 1 is 1.43 bits per heavy atom. The van der Waals surface area contributed by atoms with Gasteiger partial charge in [0.25, 0.3) is 0 Å². The monoisotopic (exact) mass is 334 g/mol. The molecule has 0 unspecified atom stereocenters. The minimum absolute atomic E-state index is 0. The summed E-state index contributed by atoms with van der Waals surface area (Å²) in [5, 5.41) is 0. The Balaban J connectivity index is 0.00000220. The quantitative estimate of drug-likeness (QED) is 0.830. The van der Waals surface area contributed by atoms with Crippen molar-refractivity contribution in [3.05, 3.63) is 29.3 Å². The summed E-state index contributed by atoms with van der Waals surface area (Å²) in [5.41, 5.74) is 6.42. The summed E-state index contributed by atoms with van der Waals surface area (Å²) in [7, 11) is -2.35. The molecule has 1 fully saturated rings. The van der Waals surface area contributed by atoms with Gasteiger partial charge in [0.2, 0.25) is 10.0 Å². The predicted molar refractivity (Wildman–Crippen MR) is 81.1 cm³/mol. The molecule has 1 aromatic rings. The first-order valence-corrected chi connectivity index (χ1v) is 7.75. The Bertz CT molecular complexity index is 633. The van der Waals surface area contributed by atoms with Gasteiger partial charge >= 0.3 is 5.97 Å². The van der Waals surface area contributed by atoms with E-state index in [0.29, 0.717) is 25.1 Å². The Hall–Kier alpha value is -1.15. The molecule has 0 saturated carbocycles. The molecule has 118 valence electrons. The third-order valence-corrected chi connectivity index (χ3v) is 5.50. The minimum atomic E-state index is -3.62. The lowest BCUT2D eigenvalue weighted by atomic mass is 10.1. The molecule has 1 aliphatic rings. The Labute approximate surface area is 130 Å². The molecule has 2 N–H and O–H groups in total. The van der Waals surface area contributed by atoms with Crippen LogP contribution in [0.3, 0.4) is 0 Å². The average molecular weight is 335 g/mol. The van der Waals surface area contributed by atoms with Crippen LogP contribution in [0.1, 0.15) is 22.3 Å². The molecule has 6 nitrogen and oxygen atoms in total. The zero-order valence-corrected chi connectivity index (χ0v) is 13.5. The standard InChI is InChI=1S/C13H18N2O4S.ClH/c1-9-11(13(16)19-2)4-3-5-12(9)20(17,18)15-7-6-10(14)8-15;/h3-5,10H,6-8,14H2,1-2H3;1H/t10-;/m1./s1. The van der Waals surface area contributed by atoms with Crippen molar-refractivity contribution in [2.75, 3.05) is 20.2 Å². The van der Waals surface area contributed by atoms with Gasteiger partial charge in [-0.25, -0.2) is 13.2 Å². The molecule has 1 saturated heterocycles. The van der Waals surface area contributed by atoms with Crippen LogP contribution in [0, 0.1) is 6.92 Å². The first-order chi connectivity index (χ1) is 9.37. The number of hydrogen-bond acceptors (Lipinski definition) is 5. The van der Waals surface area contributed by atoms with Crippen LogP contribution in [0.5, 0.6) is 0 Å². The van der Waals surface area contributed by atoms with E-state index in [2.05, 4.69) is 4.74 Å². The highest BCUT2D eigenvalue weighted by Gasteiger charge is 2.32. The topological polar surface area (TPSA) is 89.7 Å². The van der Waals surface area contributed by atoms with Gasteiger partial charge in [-0.3, -0.25) is 0 Å². The van der Waals surface area contributed by atoms with E-state index in [1.165, 1.54) is 17.5 Å². The maximum atomic E-state index is 12.6. The van der Waals surface area contributed by atoms with E-state index in [4.69, 9.17) is 5.73 Å². The highest BCUT2D eigenvalue weighted by molar-refractivity contribution is 7.89. The zero-order valence-electron chi connectivity index (χ0n) is 11.9. The maximum absolute atomic E-state index is 12.6. The number of halogens is 1. The van der Waals surface area contributed by atoms with Crippen molar-refractivity contribution < 1.29 is 17.9 Å². The number of hydrogen-bond donors (Lipinski definition) is 1. The lowest BCUT2D eigenvalue weighted by molar-refractivity contribution is 0.0599. The summed E-state index contributed by atoms with van der Waals surface area (Å²) in [4.78, 5) is 11.8. The number of benzene rings is 1. The van der Waals surface area contributed by atoms with E-state index < -0.39 is 16.0 Å². The second-order valence-corrected chi connectivity index (χ2v) is 6.74. The fraction of sp³-hybridized carbons (Fsp3) is 0.462. The number of nitrogens with zero attached hydrogens (tertiary/aromatic N) is 1. The summed E-state index contributed by atoms with van der Waals surface area (Å²) in [6.07, 6.45) is 0.648. The zero-order chi connectivity index (χ0) is 14.9. The first-order valence-electron chi connectivity index (χ1n) is 6.31. The summed E-state index contributed by atoms with van der Waals surface area (Å²) < 4.78 is 31.2. The van der Waals surface area contributed by atoms with Crippen LogP contribution in [-0.4, -0.2) is 44.9 Å². The molecule has 8 heteroatoms. The molecule has 0 spiro atoms. The Morgan fingerprint density at radius 2 is 2.10 bits per heavy atom. The van der Waals surface area contributed by atoms with Crippen LogP contribution < -0.4 is 5.73 Å². The molecule has 1 heterocycles. The molecule has 0 amide bonds. The third kappa shape index (κ3) is 3.37. The van der Waals surface area contributed by atoms with E-state index in [1.54, 1.807) is 19.1 Å². The van der Waals surface area contributed by atoms with E-state index in [0.717, 1.165) is 0 Å². The average Bonchev–Trinajstić information content (AvgIpc) is 2.85. The van der Waals surface area contributed by atoms with Gasteiger partial charge in [-0.1, -0.05) is 6.07 Å². The van der Waals surface area contributed by atoms with Gasteiger partial charge in [0.05, 0.1) is 17.6 Å². The van der Waals surface area contributed by atoms with Gasteiger partial charge in [-0.05, 0) is 31.0 Å². The van der Waals surface area contributed by atoms with Gasteiger partial charge in [-0.2, -0.15) is 4.31 Å². The van der Waals surface area contributed by atoms with Crippen molar-refractivity contribution in [2.45, 2.75) is 24.3 Å². The molecule has 0 bridgehead atoms. The number of carbonyl (C=O) groups excluding carboxylic acids is 1. The van der Waals surface area contributed by atoms with Crippen LogP contribution in [0.4, 0.5) is 0 Å². The van der Waals surface area contributed by atoms with E-state index in [1.807, 2.05) is 0 Å². The molecular weight excluding hydrogens is 316 g/mol. The van der Waals surface area contributed by atoms with Crippen molar-refractivity contribution in [3.8, 4) is 0 Å². The van der Waals surface area contributed by atoms with Gasteiger partial charge in [0.15, 0.2) is 0 Å². The molecule has 1 aliphatic heterocycles. The largest absolute Gasteiger partial charge is 0.465 e. The molecule has 21 heavy (non-hydrogen) atoms. The Kier molecular flexibility index (Phi) is 5.75. The fourth-order valence-corrected chi connectivity index (χ4v) is 4.10. The molecule has 0 aliphatic carbocycles. The highest BCUT2D eigenvalue weighted by atomic mass is 35.5. The number of rotatable bonds is 3. The smallest absolute Gasteiger partial charge is 0.338 e. The first kappa shape index (κ1) is 17.9. The highest BCUT2D eigenvalue weighted by Crippen LogP contribution is 2.25. The fourth-order valence-electron chi connectivity index (χ4n) is 2.34. The molecule has 2 rings (SSSR count). The second kappa shape index (κ2) is 6.74.